The fourth-order valence-corrected chi connectivity index (χ4v) is 2.17. The monoisotopic (exact) mass is 257 g/mol. The Hall–Kier alpha value is -1.90. The Labute approximate surface area is 111 Å². The molecule has 3 rings (SSSR count). The molecule has 98 valence electrons. The van der Waals surface area contributed by atoms with Crippen LogP contribution in [0, 0.1) is 16.7 Å². The van der Waals surface area contributed by atoms with Crippen molar-refractivity contribution in [2.24, 2.45) is 5.41 Å². The maximum atomic E-state index is 9.06. The Morgan fingerprint density at radius 2 is 2.32 bits per heavy atom. The third kappa shape index (κ3) is 2.46. The smallest absolute Gasteiger partial charge is 0.181 e. The van der Waals surface area contributed by atoms with E-state index >= 15 is 0 Å². The molecule has 0 aliphatic carbocycles. The highest BCUT2D eigenvalue weighted by Gasteiger charge is 2.38. The fourth-order valence-electron chi connectivity index (χ4n) is 2.17. The van der Waals surface area contributed by atoms with Gasteiger partial charge < -0.3 is 14.5 Å². The first kappa shape index (κ1) is 12.2. The third-order valence-electron chi connectivity index (χ3n) is 3.44. The van der Waals surface area contributed by atoms with E-state index in [1.807, 2.05) is 12.1 Å². The molecule has 1 aromatic carbocycles. The Morgan fingerprint density at radius 3 is 3.05 bits per heavy atom. The SMILES string of the molecule is N#CC1(CNCCc2ccc3ncoc3c2)COC1. The lowest BCUT2D eigenvalue weighted by Crippen LogP contribution is -2.48. The number of rotatable bonds is 5. The van der Waals surface area contributed by atoms with Crippen LogP contribution < -0.4 is 5.32 Å². The fraction of sp³-hybridized carbons (Fsp3) is 0.429. The standard InChI is InChI=1S/C14H15N3O2/c15-6-14(8-18-9-14)7-16-4-3-11-1-2-12-13(5-11)19-10-17-12/h1-2,5,10,16H,3-4,7-9H2. The van der Waals surface area contributed by atoms with Gasteiger partial charge in [0.15, 0.2) is 12.0 Å². The number of nitrogens with one attached hydrogen (secondary N) is 1. The Kier molecular flexibility index (Phi) is 3.20. The van der Waals surface area contributed by atoms with E-state index in [1.165, 1.54) is 12.0 Å². The van der Waals surface area contributed by atoms with Crippen LogP contribution in [0.25, 0.3) is 11.1 Å². The van der Waals surface area contributed by atoms with Crippen molar-refractivity contribution < 1.29 is 9.15 Å². The molecule has 0 spiro atoms. The van der Waals surface area contributed by atoms with Gasteiger partial charge in [0.25, 0.3) is 0 Å². The summed E-state index contributed by atoms with van der Waals surface area (Å²) >= 11 is 0. The van der Waals surface area contributed by atoms with Crippen LogP contribution in [0.15, 0.2) is 29.0 Å². The van der Waals surface area contributed by atoms with Gasteiger partial charge in [-0.2, -0.15) is 5.26 Å². The van der Waals surface area contributed by atoms with E-state index in [4.69, 9.17) is 14.4 Å². The zero-order valence-corrected chi connectivity index (χ0v) is 10.6. The van der Waals surface area contributed by atoms with E-state index in [-0.39, 0.29) is 5.41 Å². The van der Waals surface area contributed by atoms with Gasteiger partial charge >= 0.3 is 0 Å². The van der Waals surface area contributed by atoms with Gasteiger partial charge in [-0.25, -0.2) is 4.98 Å². The van der Waals surface area contributed by atoms with Crippen LogP contribution in [0.5, 0.6) is 0 Å². The van der Waals surface area contributed by atoms with Gasteiger partial charge in [-0.05, 0) is 30.7 Å². The minimum absolute atomic E-state index is 0.311. The molecule has 5 nitrogen and oxygen atoms in total. The van der Waals surface area contributed by atoms with Gasteiger partial charge in [0.05, 0.1) is 19.3 Å². The van der Waals surface area contributed by atoms with E-state index in [0.29, 0.717) is 19.8 Å². The van der Waals surface area contributed by atoms with Gasteiger partial charge in [0, 0.05) is 6.54 Å². The Balaban J connectivity index is 1.51. The summed E-state index contributed by atoms with van der Waals surface area (Å²) in [5.41, 5.74) is 2.59. The Morgan fingerprint density at radius 1 is 1.42 bits per heavy atom. The number of nitrogens with zero attached hydrogens (tertiary/aromatic N) is 2. The zero-order valence-electron chi connectivity index (χ0n) is 10.6. The van der Waals surface area contributed by atoms with Gasteiger partial charge in [-0.15, -0.1) is 0 Å². The molecule has 1 aromatic heterocycles. The summed E-state index contributed by atoms with van der Waals surface area (Å²) in [4.78, 5) is 4.09. The Bertz CT molecular complexity index is 610. The van der Waals surface area contributed by atoms with Crippen molar-refractivity contribution in [2.45, 2.75) is 6.42 Å². The first-order valence-corrected chi connectivity index (χ1v) is 6.33. The summed E-state index contributed by atoms with van der Waals surface area (Å²) < 4.78 is 10.4. The highest BCUT2D eigenvalue weighted by atomic mass is 16.5. The van der Waals surface area contributed by atoms with Crippen molar-refractivity contribution in [3.05, 3.63) is 30.2 Å². The minimum Gasteiger partial charge on any atom is -0.443 e. The van der Waals surface area contributed by atoms with Gasteiger partial charge in [0.1, 0.15) is 10.9 Å². The molecule has 1 aliphatic heterocycles. The van der Waals surface area contributed by atoms with Crippen LogP contribution in [-0.4, -0.2) is 31.3 Å². The van der Waals surface area contributed by atoms with E-state index in [0.717, 1.165) is 24.1 Å². The van der Waals surface area contributed by atoms with Crippen molar-refractivity contribution in [1.82, 2.24) is 10.3 Å². The molecule has 0 atom stereocenters. The lowest BCUT2D eigenvalue weighted by molar-refractivity contribution is -0.0752. The van der Waals surface area contributed by atoms with Gasteiger partial charge in [-0.3, -0.25) is 0 Å². The lowest BCUT2D eigenvalue weighted by Gasteiger charge is -2.35. The second kappa shape index (κ2) is 5.00. The van der Waals surface area contributed by atoms with Crippen LogP contribution in [0.1, 0.15) is 5.56 Å². The summed E-state index contributed by atoms with van der Waals surface area (Å²) in [6.07, 6.45) is 2.36. The van der Waals surface area contributed by atoms with E-state index in [2.05, 4.69) is 22.4 Å². The molecule has 1 N–H and O–H groups in total. The quantitative estimate of drug-likeness (QED) is 0.822. The maximum absolute atomic E-state index is 9.06. The van der Waals surface area contributed by atoms with Crippen LogP contribution >= 0.6 is 0 Å². The van der Waals surface area contributed by atoms with Crippen molar-refractivity contribution >= 4 is 11.1 Å². The number of fused-ring (bicyclic) bond motifs is 1. The number of ether oxygens (including phenoxy) is 1. The molecule has 0 bridgehead atoms. The topological polar surface area (TPSA) is 71.1 Å². The lowest BCUT2D eigenvalue weighted by atomic mass is 9.88. The molecule has 0 saturated carbocycles. The maximum Gasteiger partial charge on any atom is 0.181 e. The predicted molar refractivity (Wildman–Crippen MR) is 69.4 cm³/mol. The molecule has 19 heavy (non-hydrogen) atoms. The highest BCUT2D eigenvalue weighted by Crippen LogP contribution is 2.25. The second-order valence-electron chi connectivity index (χ2n) is 4.97. The molecular formula is C14H15N3O2. The minimum atomic E-state index is -0.311. The van der Waals surface area contributed by atoms with Crippen LogP contribution in [0.4, 0.5) is 0 Å². The second-order valence-corrected chi connectivity index (χ2v) is 4.97. The number of hydrogen-bond acceptors (Lipinski definition) is 5. The summed E-state index contributed by atoms with van der Waals surface area (Å²) in [6.45, 7) is 2.61. The van der Waals surface area contributed by atoms with E-state index in [1.54, 1.807) is 0 Å². The number of benzene rings is 1. The highest BCUT2D eigenvalue weighted by molar-refractivity contribution is 5.72. The summed E-state index contributed by atoms with van der Waals surface area (Å²) in [5.74, 6) is 0. The number of oxazole rings is 1. The molecule has 0 radical (unpaired) electrons. The summed E-state index contributed by atoms with van der Waals surface area (Å²) in [5, 5.41) is 12.4. The molecule has 5 heteroatoms. The van der Waals surface area contributed by atoms with Crippen molar-refractivity contribution in [1.29, 1.82) is 5.26 Å². The molecule has 1 saturated heterocycles. The van der Waals surface area contributed by atoms with Gasteiger partial charge in [0.2, 0.25) is 0 Å². The largest absolute Gasteiger partial charge is 0.443 e. The summed E-state index contributed by atoms with van der Waals surface area (Å²) in [7, 11) is 0. The number of hydrogen-bond donors (Lipinski definition) is 1. The van der Waals surface area contributed by atoms with Crippen LogP contribution in [-0.2, 0) is 11.2 Å². The van der Waals surface area contributed by atoms with Crippen molar-refractivity contribution in [2.75, 3.05) is 26.3 Å². The first-order chi connectivity index (χ1) is 9.31. The normalized spacial score (nSPS) is 17.0. The van der Waals surface area contributed by atoms with E-state index in [9.17, 15) is 0 Å². The predicted octanol–water partition coefficient (Wildman–Crippen LogP) is 1.50. The molecule has 0 amide bonds. The first-order valence-electron chi connectivity index (χ1n) is 6.33. The van der Waals surface area contributed by atoms with Crippen molar-refractivity contribution in [3.63, 3.8) is 0 Å². The third-order valence-corrected chi connectivity index (χ3v) is 3.44. The average molecular weight is 257 g/mol. The van der Waals surface area contributed by atoms with E-state index < -0.39 is 0 Å². The molecule has 1 fully saturated rings. The number of aromatic nitrogens is 1. The van der Waals surface area contributed by atoms with Crippen LogP contribution in [0.3, 0.4) is 0 Å². The molecule has 2 heterocycles. The molecule has 2 aromatic rings. The van der Waals surface area contributed by atoms with Gasteiger partial charge in [-0.1, -0.05) is 6.07 Å². The average Bonchev–Trinajstić information content (AvgIpc) is 2.84. The molecular weight excluding hydrogens is 242 g/mol. The summed E-state index contributed by atoms with van der Waals surface area (Å²) in [6, 6.07) is 8.35. The van der Waals surface area contributed by atoms with Crippen molar-refractivity contribution in [3.8, 4) is 6.07 Å². The van der Waals surface area contributed by atoms with Crippen LogP contribution in [0.2, 0.25) is 0 Å². The number of nitriles is 1. The zero-order chi connectivity index (χ0) is 13.1. The molecule has 1 aliphatic rings. The molecule has 0 unspecified atom stereocenters.